The zero-order valence-electron chi connectivity index (χ0n) is 25.3. The number of methoxy groups -OCH3 is 1. The summed E-state index contributed by atoms with van der Waals surface area (Å²) < 4.78 is 34.9. The molecule has 4 unspecified atom stereocenters. The van der Waals surface area contributed by atoms with Gasteiger partial charge in [-0.25, -0.2) is 9.78 Å². The molecule has 2 heterocycles. The first-order valence-corrected chi connectivity index (χ1v) is 15.0. The molecular formula is C32H42N2O9. The SMILES string of the molecule is COc1ccnc(C(=O)NC2CCCC(OC3CCCC3)C(Oc3ccccc3)C(C)OC2=O)c1OCOC(=O)C(C)C. The van der Waals surface area contributed by atoms with Crippen LogP contribution in [0.5, 0.6) is 17.2 Å². The molecule has 2 aliphatic rings. The van der Waals surface area contributed by atoms with E-state index in [1.807, 2.05) is 30.3 Å². The highest BCUT2D eigenvalue weighted by Gasteiger charge is 2.38. The van der Waals surface area contributed by atoms with E-state index in [1.54, 1.807) is 20.8 Å². The molecule has 1 aliphatic heterocycles. The van der Waals surface area contributed by atoms with Crippen LogP contribution in [0.3, 0.4) is 0 Å². The van der Waals surface area contributed by atoms with Crippen molar-refractivity contribution in [2.45, 2.75) is 96.2 Å². The molecule has 11 heteroatoms. The molecule has 43 heavy (non-hydrogen) atoms. The highest BCUT2D eigenvalue weighted by Crippen LogP contribution is 2.31. The van der Waals surface area contributed by atoms with Gasteiger partial charge in [-0.2, -0.15) is 0 Å². The van der Waals surface area contributed by atoms with Crippen molar-refractivity contribution in [3.05, 3.63) is 48.3 Å². The second-order valence-corrected chi connectivity index (χ2v) is 11.1. The quantitative estimate of drug-likeness (QED) is 0.289. The Balaban J connectivity index is 1.49. The zero-order valence-corrected chi connectivity index (χ0v) is 25.3. The summed E-state index contributed by atoms with van der Waals surface area (Å²) in [7, 11) is 1.42. The molecule has 0 bridgehead atoms. The van der Waals surface area contributed by atoms with Crippen LogP contribution >= 0.6 is 0 Å². The van der Waals surface area contributed by atoms with E-state index in [1.165, 1.54) is 19.4 Å². The predicted octanol–water partition coefficient (Wildman–Crippen LogP) is 4.62. The van der Waals surface area contributed by atoms with Crippen LogP contribution < -0.4 is 19.5 Å². The van der Waals surface area contributed by atoms with Gasteiger partial charge in [-0.3, -0.25) is 9.59 Å². The molecule has 0 radical (unpaired) electrons. The molecule has 1 saturated heterocycles. The number of rotatable bonds is 11. The van der Waals surface area contributed by atoms with Crippen molar-refractivity contribution in [2.24, 2.45) is 5.92 Å². The maximum Gasteiger partial charge on any atom is 0.329 e. The Kier molecular flexibility index (Phi) is 11.6. The molecule has 1 N–H and O–H groups in total. The minimum absolute atomic E-state index is 0.00906. The van der Waals surface area contributed by atoms with E-state index in [9.17, 15) is 14.4 Å². The van der Waals surface area contributed by atoms with Crippen molar-refractivity contribution in [1.29, 1.82) is 0 Å². The largest absolute Gasteiger partial charge is 0.493 e. The van der Waals surface area contributed by atoms with Gasteiger partial charge >= 0.3 is 11.9 Å². The van der Waals surface area contributed by atoms with Gasteiger partial charge in [0, 0.05) is 12.3 Å². The van der Waals surface area contributed by atoms with E-state index in [2.05, 4.69) is 10.3 Å². The summed E-state index contributed by atoms with van der Waals surface area (Å²) in [6.07, 6.45) is 5.83. The smallest absolute Gasteiger partial charge is 0.329 e. The third-order valence-corrected chi connectivity index (χ3v) is 7.57. The van der Waals surface area contributed by atoms with Crippen LogP contribution in [0, 0.1) is 5.92 Å². The minimum atomic E-state index is -0.947. The van der Waals surface area contributed by atoms with Crippen molar-refractivity contribution < 1.29 is 42.8 Å². The van der Waals surface area contributed by atoms with Gasteiger partial charge in [0.2, 0.25) is 6.79 Å². The normalized spacial score (nSPS) is 23.0. The highest BCUT2D eigenvalue weighted by molar-refractivity contribution is 5.98. The molecule has 1 aliphatic carbocycles. The molecule has 4 atom stereocenters. The minimum Gasteiger partial charge on any atom is -0.493 e. The van der Waals surface area contributed by atoms with Crippen LogP contribution in [-0.4, -0.2) is 67.2 Å². The van der Waals surface area contributed by atoms with E-state index in [-0.39, 0.29) is 35.3 Å². The summed E-state index contributed by atoms with van der Waals surface area (Å²) in [6, 6.07) is 9.98. The Labute approximate surface area is 252 Å². The summed E-state index contributed by atoms with van der Waals surface area (Å²) in [6.45, 7) is 4.74. The number of benzene rings is 1. The van der Waals surface area contributed by atoms with E-state index in [4.69, 9.17) is 28.4 Å². The number of carbonyl (C=O) groups excluding carboxylic acids is 3. The molecular weight excluding hydrogens is 556 g/mol. The summed E-state index contributed by atoms with van der Waals surface area (Å²) in [4.78, 5) is 42.9. The van der Waals surface area contributed by atoms with Crippen LogP contribution in [0.2, 0.25) is 0 Å². The number of nitrogens with one attached hydrogen (secondary N) is 1. The second kappa shape index (κ2) is 15.6. The first-order valence-electron chi connectivity index (χ1n) is 15.0. The third-order valence-electron chi connectivity index (χ3n) is 7.57. The van der Waals surface area contributed by atoms with Crippen molar-refractivity contribution in [3.63, 3.8) is 0 Å². The van der Waals surface area contributed by atoms with Crippen molar-refractivity contribution in [3.8, 4) is 17.2 Å². The standard InChI is InChI=1S/C32H42N2O9/c1-20(2)31(36)40-19-39-29-25(38-4)17-18-33-27(29)30(35)34-24-15-10-16-26(42-22-13-8-9-14-22)28(21(3)41-32(24)37)43-23-11-6-5-7-12-23/h5-7,11-12,17-18,20-22,24,26,28H,8-10,13-16,19H2,1-4H3,(H,34,35). The number of aromatic nitrogens is 1. The molecule has 0 spiro atoms. The van der Waals surface area contributed by atoms with Crippen LogP contribution in [-0.2, 0) is 23.8 Å². The molecule has 1 aromatic heterocycles. The van der Waals surface area contributed by atoms with E-state index < -0.39 is 42.9 Å². The molecule has 1 amide bonds. The fourth-order valence-corrected chi connectivity index (χ4v) is 5.25. The van der Waals surface area contributed by atoms with E-state index >= 15 is 0 Å². The van der Waals surface area contributed by atoms with Crippen LogP contribution in [0.15, 0.2) is 42.6 Å². The highest BCUT2D eigenvalue weighted by atomic mass is 16.7. The van der Waals surface area contributed by atoms with Crippen molar-refractivity contribution in [2.75, 3.05) is 13.9 Å². The molecule has 11 nitrogen and oxygen atoms in total. The Bertz CT molecular complexity index is 1220. The number of nitrogens with zero attached hydrogens (tertiary/aromatic N) is 1. The van der Waals surface area contributed by atoms with Gasteiger partial charge in [-0.05, 0) is 51.2 Å². The van der Waals surface area contributed by atoms with Gasteiger partial charge in [-0.15, -0.1) is 0 Å². The van der Waals surface area contributed by atoms with Gasteiger partial charge in [0.1, 0.15) is 17.9 Å². The number of hydrogen-bond acceptors (Lipinski definition) is 10. The van der Waals surface area contributed by atoms with Gasteiger partial charge in [0.25, 0.3) is 5.91 Å². The molecule has 234 valence electrons. The fraction of sp³-hybridized carbons (Fsp3) is 0.562. The van der Waals surface area contributed by atoms with Gasteiger partial charge < -0.3 is 33.7 Å². The molecule has 1 aromatic carbocycles. The average Bonchev–Trinajstić information content (AvgIpc) is 3.53. The molecule has 2 fully saturated rings. The van der Waals surface area contributed by atoms with Gasteiger partial charge in [0.05, 0.1) is 25.2 Å². The summed E-state index contributed by atoms with van der Waals surface area (Å²) in [5.41, 5.74) is -0.117. The summed E-state index contributed by atoms with van der Waals surface area (Å²) in [5, 5.41) is 2.76. The number of amides is 1. The van der Waals surface area contributed by atoms with Gasteiger partial charge in [-0.1, -0.05) is 44.9 Å². The van der Waals surface area contributed by atoms with E-state index in [0.29, 0.717) is 25.0 Å². The zero-order chi connectivity index (χ0) is 30.8. The number of hydrogen-bond donors (Lipinski definition) is 1. The maximum atomic E-state index is 13.4. The van der Waals surface area contributed by atoms with Crippen LogP contribution in [0.4, 0.5) is 0 Å². The lowest BCUT2D eigenvalue weighted by Gasteiger charge is -2.33. The second-order valence-electron chi connectivity index (χ2n) is 11.1. The Morgan fingerprint density at radius 3 is 2.49 bits per heavy atom. The number of ether oxygens (including phenoxy) is 6. The number of pyridine rings is 1. The first kappa shape index (κ1) is 32.1. The van der Waals surface area contributed by atoms with E-state index in [0.717, 1.165) is 25.7 Å². The lowest BCUT2D eigenvalue weighted by atomic mass is 10.0. The monoisotopic (exact) mass is 598 g/mol. The number of cyclic esters (lactones) is 1. The lowest BCUT2D eigenvalue weighted by Crippen LogP contribution is -2.47. The van der Waals surface area contributed by atoms with Crippen LogP contribution in [0.25, 0.3) is 0 Å². The van der Waals surface area contributed by atoms with Crippen molar-refractivity contribution >= 4 is 17.8 Å². The lowest BCUT2D eigenvalue weighted by molar-refractivity contribution is -0.161. The maximum absolute atomic E-state index is 13.4. The average molecular weight is 599 g/mol. The third kappa shape index (κ3) is 8.82. The number of esters is 2. The molecule has 1 saturated carbocycles. The summed E-state index contributed by atoms with van der Waals surface area (Å²) in [5.74, 6) is -1.17. The van der Waals surface area contributed by atoms with Gasteiger partial charge in [0.15, 0.2) is 23.3 Å². The van der Waals surface area contributed by atoms with Crippen molar-refractivity contribution in [1.82, 2.24) is 10.3 Å². The van der Waals surface area contributed by atoms with Crippen LogP contribution in [0.1, 0.15) is 76.2 Å². The Morgan fingerprint density at radius 2 is 1.79 bits per heavy atom. The predicted molar refractivity (Wildman–Crippen MR) is 156 cm³/mol. The number of para-hydroxylation sites is 1. The Morgan fingerprint density at radius 1 is 1.05 bits per heavy atom. The summed E-state index contributed by atoms with van der Waals surface area (Å²) >= 11 is 0. The first-order chi connectivity index (χ1) is 20.8. The topological polar surface area (TPSA) is 132 Å². The fourth-order valence-electron chi connectivity index (χ4n) is 5.25. The molecule has 2 aromatic rings. The molecule has 4 rings (SSSR count). The number of carbonyl (C=O) groups is 3. The Hall–Kier alpha value is -3.86.